The van der Waals surface area contributed by atoms with Crippen molar-refractivity contribution in [3.8, 4) is 0 Å². The van der Waals surface area contributed by atoms with Crippen LogP contribution < -0.4 is 5.32 Å². The maximum atomic E-state index is 12.8. The lowest BCUT2D eigenvalue weighted by atomic mass is 9.95. The molecule has 1 aliphatic rings. The summed E-state index contributed by atoms with van der Waals surface area (Å²) in [6.45, 7) is 24.8. The third-order valence-corrected chi connectivity index (χ3v) is 5.23. The Morgan fingerprint density at radius 2 is 1.81 bits per heavy atom. The van der Waals surface area contributed by atoms with Crippen LogP contribution in [0.15, 0.2) is 77.2 Å². The molecular formula is C27H41N3O2. The molecule has 0 unspecified atom stereocenters. The number of ether oxygens (including phenoxy) is 1. The van der Waals surface area contributed by atoms with Gasteiger partial charge in [-0.15, -0.1) is 0 Å². The topological polar surface area (TPSA) is 53.9 Å². The molecule has 176 valence electrons. The Kier molecular flexibility index (Phi) is 11.7. The fourth-order valence-corrected chi connectivity index (χ4v) is 3.64. The van der Waals surface area contributed by atoms with Crippen LogP contribution in [0.25, 0.3) is 0 Å². The molecule has 1 heterocycles. The lowest BCUT2D eigenvalue weighted by Gasteiger charge is -2.32. The van der Waals surface area contributed by atoms with Gasteiger partial charge >= 0.3 is 0 Å². The Hall–Kier alpha value is -2.66. The Bertz CT molecular complexity index is 820. The van der Waals surface area contributed by atoms with Gasteiger partial charge in [-0.3, -0.25) is 9.79 Å². The van der Waals surface area contributed by atoms with E-state index in [1.807, 2.05) is 32.1 Å². The Balaban J connectivity index is 2.95. The highest BCUT2D eigenvalue weighted by Crippen LogP contribution is 2.20. The number of allylic oxidation sites excluding steroid dienone is 7. The van der Waals surface area contributed by atoms with E-state index in [0.29, 0.717) is 17.6 Å². The summed E-state index contributed by atoms with van der Waals surface area (Å²) < 4.78 is 5.64. The van der Waals surface area contributed by atoms with Crippen molar-refractivity contribution in [1.29, 1.82) is 0 Å². The third kappa shape index (κ3) is 9.23. The van der Waals surface area contributed by atoms with Gasteiger partial charge in [-0.25, -0.2) is 0 Å². The van der Waals surface area contributed by atoms with Gasteiger partial charge in [0.25, 0.3) is 0 Å². The number of amides is 1. The van der Waals surface area contributed by atoms with Gasteiger partial charge in [-0.05, 0) is 75.9 Å². The van der Waals surface area contributed by atoms with Crippen LogP contribution in [0.2, 0.25) is 0 Å². The van der Waals surface area contributed by atoms with E-state index in [1.54, 1.807) is 20.0 Å². The van der Waals surface area contributed by atoms with E-state index in [0.717, 1.165) is 54.9 Å². The second-order valence-electron chi connectivity index (χ2n) is 8.69. The van der Waals surface area contributed by atoms with E-state index < -0.39 is 0 Å². The van der Waals surface area contributed by atoms with Crippen LogP contribution in [0.3, 0.4) is 0 Å². The van der Waals surface area contributed by atoms with Crippen LogP contribution in [0.1, 0.15) is 47.5 Å². The number of hydrogen-bond donors (Lipinski definition) is 1. The van der Waals surface area contributed by atoms with Crippen LogP contribution in [0.5, 0.6) is 0 Å². The van der Waals surface area contributed by atoms with Crippen LogP contribution >= 0.6 is 0 Å². The van der Waals surface area contributed by atoms with Crippen LogP contribution in [0.4, 0.5) is 0 Å². The predicted octanol–water partition coefficient (Wildman–Crippen LogP) is 5.57. The maximum Gasteiger partial charge on any atom is 0.227 e. The van der Waals surface area contributed by atoms with E-state index in [-0.39, 0.29) is 11.8 Å². The molecule has 0 atom stereocenters. The average Bonchev–Trinajstić information content (AvgIpc) is 2.74. The first-order valence-electron chi connectivity index (χ1n) is 11.3. The summed E-state index contributed by atoms with van der Waals surface area (Å²) in [6, 6.07) is 0. The van der Waals surface area contributed by atoms with Gasteiger partial charge in [0.1, 0.15) is 0 Å². The van der Waals surface area contributed by atoms with Crippen molar-refractivity contribution in [3.05, 3.63) is 72.2 Å². The smallest absolute Gasteiger partial charge is 0.227 e. The molecule has 1 N–H and O–H groups in total. The second-order valence-corrected chi connectivity index (χ2v) is 8.69. The normalized spacial score (nSPS) is 17.3. The number of carbonyl (C=O) groups excluding carboxylic acids is 1. The lowest BCUT2D eigenvalue weighted by molar-refractivity contribution is -0.125. The van der Waals surface area contributed by atoms with Gasteiger partial charge < -0.3 is 15.0 Å². The van der Waals surface area contributed by atoms with E-state index in [9.17, 15) is 4.79 Å². The first-order valence-corrected chi connectivity index (χ1v) is 11.3. The molecule has 0 bridgehead atoms. The van der Waals surface area contributed by atoms with Crippen molar-refractivity contribution in [1.82, 2.24) is 10.2 Å². The summed E-state index contributed by atoms with van der Waals surface area (Å²) in [4.78, 5) is 19.5. The first-order chi connectivity index (χ1) is 15.1. The van der Waals surface area contributed by atoms with Crippen molar-refractivity contribution < 1.29 is 9.53 Å². The molecule has 0 spiro atoms. The van der Waals surface area contributed by atoms with Crippen LogP contribution in [-0.2, 0) is 9.53 Å². The van der Waals surface area contributed by atoms with Crippen LogP contribution in [-0.4, -0.2) is 43.4 Å². The van der Waals surface area contributed by atoms with Crippen molar-refractivity contribution in [3.63, 3.8) is 0 Å². The molecule has 0 saturated carbocycles. The summed E-state index contributed by atoms with van der Waals surface area (Å²) in [5.74, 6) is 1.80. The number of nitrogens with one attached hydrogen (secondary N) is 1. The second kappa shape index (κ2) is 13.7. The molecule has 0 aromatic rings. The number of hydrogen-bond acceptors (Lipinski definition) is 4. The molecule has 32 heavy (non-hydrogen) atoms. The fraction of sp³-hybridized carbons (Fsp3) is 0.481. The molecule has 1 fully saturated rings. The molecule has 1 aliphatic heterocycles. The van der Waals surface area contributed by atoms with E-state index in [1.165, 1.54) is 0 Å². The molecule has 1 amide bonds. The molecule has 5 nitrogen and oxygen atoms in total. The zero-order valence-electron chi connectivity index (χ0n) is 20.8. The SMILES string of the molecule is C=CC(=C)C(=C\C(=C/C)C(=NC)OC(=C)C)/C=C(\C)NC(=O)C1CCN(CC(C)C)CC1. The zero-order chi connectivity index (χ0) is 24.3. The van der Waals surface area contributed by atoms with Gasteiger partial charge in [0.15, 0.2) is 0 Å². The van der Waals surface area contributed by atoms with Crippen molar-refractivity contribution >= 4 is 11.8 Å². The zero-order valence-corrected chi connectivity index (χ0v) is 20.8. The molecule has 0 aromatic heterocycles. The van der Waals surface area contributed by atoms with E-state index >= 15 is 0 Å². The Morgan fingerprint density at radius 3 is 2.28 bits per heavy atom. The van der Waals surface area contributed by atoms with E-state index in [4.69, 9.17) is 4.74 Å². The summed E-state index contributed by atoms with van der Waals surface area (Å²) in [6.07, 6.45) is 9.23. The summed E-state index contributed by atoms with van der Waals surface area (Å²) in [5, 5.41) is 3.07. The van der Waals surface area contributed by atoms with Gasteiger partial charge in [-0.1, -0.05) is 45.7 Å². The quantitative estimate of drug-likeness (QED) is 0.210. The number of likely N-dealkylation sites (tertiary alicyclic amines) is 1. The largest absolute Gasteiger partial charge is 0.444 e. The number of piperidine rings is 1. The van der Waals surface area contributed by atoms with E-state index in [2.05, 4.69) is 48.8 Å². The highest BCUT2D eigenvalue weighted by molar-refractivity contribution is 5.97. The number of aliphatic imine (C=N–C) groups is 1. The molecular weight excluding hydrogens is 398 g/mol. The highest BCUT2D eigenvalue weighted by atomic mass is 16.5. The molecule has 1 saturated heterocycles. The fourth-order valence-electron chi connectivity index (χ4n) is 3.64. The summed E-state index contributed by atoms with van der Waals surface area (Å²) >= 11 is 0. The minimum Gasteiger partial charge on any atom is -0.444 e. The molecule has 1 rings (SSSR count). The van der Waals surface area contributed by atoms with Crippen molar-refractivity contribution in [2.24, 2.45) is 16.8 Å². The summed E-state index contributed by atoms with van der Waals surface area (Å²) in [7, 11) is 1.67. The Labute approximate surface area is 195 Å². The first kappa shape index (κ1) is 27.4. The van der Waals surface area contributed by atoms with Gasteiger partial charge in [0.05, 0.1) is 5.76 Å². The minimum absolute atomic E-state index is 0.0469. The molecule has 5 heteroatoms. The maximum absolute atomic E-state index is 12.8. The standard InChI is InChI=1S/C27H41N3O2/c1-10-21(7)25(17-23(11-2)27(28-9)32-20(5)6)16-22(8)29-26(31)24-12-14-30(15-13-24)18-19(3)4/h10-11,16-17,19,24H,1,5,7,12-15,18H2,2-4,6,8-9H3,(H,29,31)/b22-16+,23-11+,25-17-,28-27?. The average molecular weight is 440 g/mol. The predicted molar refractivity (Wildman–Crippen MR) is 136 cm³/mol. The number of rotatable bonds is 10. The third-order valence-electron chi connectivity index (χ3n) is 5.23. The lowest BCUT2D eigenvalue weighted by Crippen LogP contribution is -2.41. The van der Waals surface area contributed by atoms with Gasteiger partial charge in [0, 0.05) is 30.8 Å². The minimum atomic E-state index is 0.0469. The summed E-state index contributed by atoms with van der Waals surface area (Å²) in [5.41, 5.74) is 3.12. The molecule has 0 aromatic carbocycles. The molecule has 0 radical (unpaired) electrons. The Morgan fingerprint density at radius 1 is 1.19 bits per heavy atom. The number of carbonyl (C=O) groups is 1. The van der Waals surface area contributed by atoms with Crippen molar-refractivity contribution in [2.45, 2.75) is 47.5 Å². The van der Waals surface area contributed by atoms with Gasteiger partial charge in [-0.2, -0.15) is 0 Å². The molecule has 0 aliphatic carbocycles. The van der Waals surface area contributed by atoms with Gasteiger partial charge in [0.2, 0.25) is 11.8 Å². The highest BCUT2D eigenvalue weighted by Gasteiger charge is 2.25. The number of nitrogens with zero attached hydrogens (tertiary/aromatic N) is 2. The monoisotopic (exact) mass is 439 g/mol. The van der Waals surface area contributed by atoms with Crippen LogP contribution in [0, 0.1) is 11.8 Å². The van der Waals surface area contributed by atoms with Crippen molar-refractivity contribution in [2.75, 3.05) is 26.7 Å².